The third-order valence-electron chi connectivity index (χ3n) is 2.73. The van der Waals surface area contributed by atoms with Crippen LogP contribution in [0.1, 0.15) is 25.7 Å². The second-order valence-corrected chi connectivity index (χ2v) is 4.00. The highest BCUT2D eigenvalue weighted by molar-refractivity contribution is 6.63. The maximum absolute atomic E-state index is 6.26. The van der Waals surface area contributed by atoms with Crippen LogP contribution in [-0.2, 0) is 0 Å². The fraction of sp³-hybridized carbons (Fsp3) is 0.889. The van der Waals surface area contributed by atoms with Crippen LogP contribution in [0.15, 0.2) is 0 Å². The smallest absolute Gasteiger partial charge is 0.345 e. The molecule has 0 spiro atoms. The van der Waals surface area contributed by atoms with Crippen LogP contribution in [0, 0.1) is 0 Å². The van der Waals surface area contributed by atoms with Gasteiger partial charge in [-0.25, -0.2) is 0 Å². The summed E-state index contributed by atoms with van der Waals surface area (Å²) in [6.45, 7) is 4.65. The Balaban J connectivity index is 0.000000845. The van der Waals surface area contributed by atoms with E-state index in [0.29, 0.717) is 0 Å². The topological polar surface area (TPSA) is 6.25 Å². The molecule has 2 saturated heterocycles. The molecule has 13 heavy (non-hydrogen) atoms. The van der Waals surface area contributed by atoms with E-state index in [1.807, 2.05) is 0 Å². The van der Waals surface area contributed by atoms with Crippen molar-refractivity contribution in [2.45, 2.75) is 25.7 Å². The van der Waals surface area contributed by atoms with E-state index in [9.17, 15) is 0 Å². The van der Waals surface area contributed by atoms with Crippen LogP contribution >= 0.6 is 11.6 Å². The molecule has 0 saturated carbocycles. The van der Waals surface area contributed by atoms with Gasteiger partial charge in [0.15, 0.2) is 0 Å². The van der Waals surface area contributed by atoms with E-state index in [1.54, 1.807) is 0 Å². The molecule has 2 heterocycles. The number of halogens is 2. The van der Waals surface area contributed by atoms with E-state index in [1.165, 1.54) is 25.7 Å². The van der Waals surface area contributed by atoms with Crippen molar-refractivity contribution in [2.24, 2.45) is 0 Å². The first kappa shape index (κ1) is 11.1. The average molecular weight is 223 g/mol. The molecule has 0 aromatic carbocycles. The summed E-state index contributed by atoms with van der Waals surface area (Å²) in [7, 11) is 0. The molecule has 2 aliphatic rings. The Morgan fingerprint density at radius 1 is 1.00 bits per heavy atom. The predicted octanol–water partition coefficient (Wildman–Crippen LogP) is -1.51. The molecular formula is C9H16Cl2N2. The first-order chi connectivity index (χ1) is 5.88. The van der Waals surface area contributed by atoms with Gasteiger partial charge in [-0.05, 0) is 25.7 Å². The van der Waals surface area contributed by atoms with Gasteiger partial charge in [0.25, 0.3) is 0 Å². The van der Waals surface area contributed by atoms with Crippen molar-refractivity contribution < 1.29 is 17.0 Å². The van der Waals surface area contributed by atoms with E-state index >= 15 is 0 Å². The standard InChI is InChI=1S/C9H16ClN2.ClH/c10-9(11-5-1-2-6-11)12-7-3-4-8-12;/h1-8H2;1H/q+1;/p-1. The van der Waals surface area contributed by atoms with Gasteiger partial charge in [0.2, 0.25) is 0 Å². The van der Waals surface area contributed by atoms with Crippen molar-refractivity contribution in [3.63, 3.8) is 0 Å². The lowest BCUT2D eigenvalue weighted by atomic mass is 10.4. The number of hydrogen-bond acceptors (Lipinski definition) is 0. The Morgan fingerprint density at radius 3 is 2.08 bits per heavy atom. The minimum atomic E-state index is 0. The molecule has 0 amide bonds. The number of hydrogen-bond donors (Lipinski definition) is 0. The van der Waals surface area contributed by atoms with Crippen LogP contribution < -0.4 is 12.4 Å². The van der Waals surface area contributed by atoms with Crippen LogP contribution in [0.4, 0.5) is 0 Å². The van der Waals surface area contributed by atoms with Gasteiger partial charge in [0.05, 0.1) is 26.2 Å². The van der Waals surface area contributed by atoms with Gasteiger partial charge in [-0.3, -0.25) is 9.48 Å². The molecule has 2 nitrogen and oxygen atoms in total. The maximum atomic E-state index is 6.26. The summed E-state index contributed by atoms with van der Waals surface area (Å²) in [6, 6.07) is 0. The molecule has 0 N–H and O–H groups in total. The lowest BCUT2D eigenvalue weighted by Crippen LogP contribution is -3.00. The molecule has 76 valence electrons. The number of nitrogens with zero attached hydrogens (tertiary/aromatic N) is 2. The van der Waals surface area contributed by atoms with Crippen molar-refractivity contribution in [1.29, 1.82) is 0 Å². The Morgan fingerprint density at radius 2 is 1.54 bits per heavy atom. The third-order valence-corrected chi connectivity index (χ3v) is 3.21. The molecule has 2 aliphatic heterocycles. The molecule has 0 aromatic rings. The van der Waals surface area contributed by atoms with Crippen molar-refractivity contribution in [3.8, 4) is 0 Å². The van der Waals surface area contributed by atoms with Crippen LogP contribution in [-0.4, -0.2) is 40.9 Å². The SMILES string of the molecule is ClC(N1CCCC1)=[N+]1CCCC1.[Cl-]. The van der Waals surface area contributed by atoms with Crippen LogP contribution in [0.2, 0.25) is 0 Å². The average Bonchev–Trinajstić information content (AvgIpc) is 2.77. The normalized spacial score (nSPS) is 21.9. The van der Waals surface area contributed by atoms with Crippen LogP contribution in [0.5, 0.6) is 0 Å². The van der Waals surface area contributed by atoms with E-state index in [4.69, 9.17) is 11.6 Å². The number of amidine groups is 1. The molecule has 0 unspecified atom stereocenters. The largest absolute Gasteiger partial charge is 1.00 e. The minimum absolute atomic E-state index is 0. The van der Waals surface area contributed by atoms with Gasteiger partial charge in [-0.15, -0.1) is 0 Å². The van der Waals surface area contributed by atoms with Crippen LogP contribution in [0.3, 0.4) is 0 Å². The molecule has 2 rings (SSSR count). The lowest BCUT2D eigenvalue weighted by molar-refractivity contribution is -0.508. The van der Waals surface area contributed by atoms with Gasteiger partial charge in [0.1, 0.15) is 0 Å². The molecule has 0 radical (unpaired) electrons. The van der Waals surface area contributed by atoms with E-state index in [-0.39, 0.29) is 12.4 Å². The second kappa shape index (κ2) is 5.06. The summed E-state index contributed by atoms with van der Waals surface area (Å²) in [5.74, 6) is 0. The minimum Gasteiger partial charge on any atom is -1.00 e. The summed E-state index contributed by atoms with van der Waals surface area (Å²) in [5.41, 5.74) is 0. The molecule has 0 aromatic heterocycles. The van der Waals surface area contributed by atoms with Gasteiger partial charge >= 0.3 is 5.29 Å². The quantitative estimate of drug-likeness (QED) is 0.275. The van der Waals surface area contributed by atoms with Gasteiger partial charge in [-0.2, -0.15) is 0 Å². The van der Waals surface area contributed by atoms with Gasteiger partial charge in [0, 0.05) is 11.6 Å². The molecule has 4 heteroatoms. The van der Waals surface area contributed by atoms with E-state index < -0.39 is 0 Å². The third kappa shape index (κ3) is 2.50. The molecule has 0 atom stereocenters. The predicted molar refractivity (Wildman–Crippen MR) is 50.9 cm³/mol. The fourth-order valence-electron chi connectivity index (χ4n) is 2.00. The highest BCUT2D eigenvalue weighted by Crippen LogP contribution is 2.12. The van der Waals surface area contributed by atoms with Crippen molar-refractivity contribution in [2.75, 3.05) is 26.2 Å². The first-order valence-electron chi connectivity index (χ1n) is 4.90. The summed E-state index contributed by atoms with van der Waals surface area (Å²) < 4.78 is 2.31. The van der Waals surface area contributed by atoms with Gasteiger partial charge in [-0.1, -0.05) is 0 Å². The zero-order chi connectivity index (χ0) is 8.39. The fourth-order valence-corrected chi connectivity index (χ4v) is 2.34. The van der Waals surface area contributed by atoms with Crippen molar-refractivity contribution in [1.82, 2.24) is 4.90 Å². The summed E-state index contributed by atoms with van der Waals surface area (Å²) in [4.78, 5) is 2.31. The number of rotatable bonds is 0. The Labute approximate surface area is 91.0 Å². The zero-order valence-electron chi connectivity index (χ0n) is 7.81. The van der Waals surface area contributed by atoms with Gasteiger partial charge < -0.3 is 12.4 Å². The summed E-state index contributed by atoms with van der Waals surface area (Å²) in [6.07, 6.45) is 5.24. The monoisotopic (exact) mass is 222 g/mol. The maximum Gasteiger partial charge on any atom is 0.345 e. The number of likely N-dealkylation sites (tertiary alicyclic amines) is 1. The second-order valence-electron chi connectivity index (χ2n) is 3.66. The van der Waals surface area contributed by atoms with E-state index in [2.05, 4.69) is 9.48 Å². The first-order valence-corrected chi connectivity index (χ1v) is 5.28. The Kier molecular flexibility index (Phi) is 4.33. The summed E-state index contributed by atoms with van der Waals surface area (Å²) in [5, 5.41) is 1.00. The molecule has 0 aliphatic carbocycles. The van der Waals surface area contributed by atoms with E-state index in [0.717, 1.165) is 31.5 Å². The van der Waals surface area contributed by atoms with Crippen LogP contribution in [0.25, 0.3) is 0 Å². The lowest BCUT2D eigenvalue weighted by Gasteiger charge is -2.09. The highest BCUT2D eigenvalue weighted by atomic mass is 35.5. The highest BCUT2D eigenvalue weighted by Gasteiger charge is 2.25. The Hall–Kier alpha value is 0.0500. The summed E-state index contributed by atoms with van der Waals surface area (Å²) >= 11 is 6.26. The Bertz CT molecular complexity index is 190. The zero-order valence-corrected chi connectivity index (χ0v) is 9.32. The molecule has 2 fully saturated rings. The van der Waals surface area contributed by atoms with Crippen molar-refractivity contribution in [3.05, 3.63) is 0 Å². The van der Waals surface area contributed by atoms with Crippen molar-refractivity contribution >= 4 is 16.9 Å². The molecular weight excluding hydrogens is 207 g/mol. The molecule has 0 bridgehead atoms.